The highest BCUT2D eigenvalue weighted by molar-refractivity contribution is 8.11. The summed E-state index contributed by atoms with van der Waals surface area (Å²) in [6, 6.07) is 1.87. The first-order chi connectivity index (χ1) is 5.16. The standard InChI is InChI=1S/C5H4N4S2/c6-1-3-2-8-9(4(3)7)5(10)11/h2H,7H2,(H,10,11). The number of nitrogens with two attached hydrogens (primary N) is 1. The van der Waals surface area contributed by atoms with Crippen LogP contribution in [0.3, 0.4) is 0 Å². The van der Waals surface area contributed by atoms with Crippen molar-refractivity contribution in [2.45, 2.75) is 0 Å². The van der Waals surface area contributed by atoms with Crippen molar-refractivity contribution in [2.24, 2.45) is 0 Å². The predicted molar refractivity (Wildman–Crippen MR) is 48.3 cm³/mol. The van der Waals surface area contributed by atoms with Gasteiger partial charge in [0.25, 0.3) is 0 Å². The maximum atomic E-state index is 8.46. The molecule has 0 amide bonds. The molecule has 6 heteroatoms. The van der Waals surface area contributed by atoms with Crippen LogP contribution < -0.4 is 5.73 Å². The molecule has 0 spiro atoms. The van der Waals surface area contributed by atoms with Crippen molar-refractivity contribution in [1.29, 1.82) is 5.26 Å². The third kappa shape index (κ3) is 1.34. The van der Waals surface area contributed by atoms with Crippen LogP contribution in [-0.4, -0.2) is 14.1 Å². The minimum atomic E-state index is 0.226. The van der Waals surface area contributed by atoms with Gasteiger partial charge in [-0.1, -0.05) is 12.2 Å². The molecule has 4 nitrogen and oxygen atoms in total. The maximum Gasteiger partial charge on any atom is 0.160 e. The van der Waals surface area contributed by atoms with Crippen LogP contribution in [0.15, 0.2) is 6.20 Å². The lowest BCUT2D eigenvalue weighted by molar-refractivity contribution is 0.975. The van der Waals surface area contributed by atoms with Gasteiger partial charge in [-0.2, -0.15) is 15.0 Å². The van der Waals surface area contributed by atoms with Gasteiger partial charge in [0.2, 0.25) is 0 Å². The van der Waals surface area contributed by atoms with E-state index in [-0.39, 0.29) is 10.1 Å². The molecule has 56 valence electrons. The Labute approximate surface area is 74.0 Å². The van der Waals surface area contributed by atoms with Crippen molar-refractivity contribution < 1.29 is 0 Å². The van der Waals surface area contributed by atoms with Crippen LogP contribution in [0.25, 0.3) is 0 Å². The smallest absolute Gasteiger partial charge is 0.160 e. The van der Waals surface area contributed by atoms with E-state index in [1.165, 1.54) is 10.9 Å². The summed E-state index contributed by atoms with van der Waals surface area (Å²) < 4.78 is 1.45. The Morgan fingerprint density at radius 1 is 1.91 bits per heavy atom. The topological polar surface area (TPSA) is 67.6 Å². The van der Waals surface area contributed by atoms with Crippen LogP contribution in [0.2, 0.25) is 0 Å². The Hall–Kier alpha value is -1.06. The molecule has 1 rings (SSSR count). The maximum absolute atomic E-state index is 8.46. The highest BCUT2D eigenvalue weighted by Crippen LogP contribution is 2.09. The molecule has 0 aliphatic heterocycles. The molecule has 0 saturated heterocycles. The minimum Gasteiger partial charge on any atom is -0.382 e. The van der Waals surface area contributed by atoms with Crippen molar-refractivity contribution in [2.75, 3.05) is 5.73 Å². The molecule has 2 N–H and O–H groups in total. The van der Waals surface area contributed by atoms with Gasteiger partial charge >= 0.3 is 0 Å². The van der Waals surface area contributed by atoms with Crippen LogP contribution in [0, 0.1) is 11.3 Å². The number of nitriles is 1. The van der Waals surface area contributed by atoms with E-state index in [9.17, 15) is 0 Å². The van der Waals surface area contributed by atoms with Crippen molar-refractivity contribution in [1.82, 2.24) is 9.78 Å². The molecule has 0 aliphatic carbocycles. The van der Waals surface area contributed by atoms with Gasteiger partial charge in [0.1, 0.15) is 17.5 Å². The molecule has 0 radical (unpaired) electrons. The zero-order valence-corrected chi connectivity index (χ0v) is 7.06. The number of thiol groups is 1. The fourth-order valence-corrected chi connectivity index (χ4v) is 0.901. The van der Waals surface area contributed by atoms with Gasteiger partial charge in [0.05, 0.1) is 6.20 Å². The summed E-state index contributed by atoms with van der Waals surface area (Å²) in [6.07, 6.45) is 1.35. The number of hydrogen-bond acceptors (Lipinski definition) is 4. The summed E-state index contributed by atoms with van der Waals surface area (Å²) in [7, 11) is 0. The SMILES string of the molecule is N#Cc1cnn(C(=S)S)c1N. The summed E-state index contributed by atoms with van der Waals surface area (Å²) in [4.78, 5) is 0. The lowest BCUT2D eigenvalue weighted by atomic mass is 10.4. The Balaban J connectivity index is 3.24. The average Bonchev–Trinajstić information content (AvgIpc) is 2.30. The molecule has 0 saturated carbocycles. The normalized spacial score (nSPS) is 9.09. The molecule has 0 atom stereocenters. The van der Waals surface area contributed by atoms with Gasteiger partial charge in [-0.05, 0) is 0 Å². The highest BCUT2D eigenvalue weighted by Gasteiger charge is 2.06. The van der Waals surface area contributed by atoms with Crippen molar-refractivity contribution in [3.8, 4) is 6.07 Å². The van der Waals surface area contributed by atoms with Crippen LogP contribution in [0.4, 0.5) is 5.82 Å². The number of hydrogen-bond donors (Lipinski definition) is 2. The quantitative estimate of drug-likeness (QED) is 0.452. The van der Waals surface area contributed by atoms with Gasteiger partial charge in [-0.15, -0.1) is 12.6 Å². The molecule has 0 unspecified atom stereocenters. The van der Waals surface area contributed by atoms with E-state index < -0.39 is 0 Å². The van der Waals surface area contributed by atoms with Crippen molar-refractivity contribution in [3.05, 3.63) is 11.8 Å². The van der Waals surface area contributed by atoms with Crippen LogP contribution in [0.5, 0.6) is 0 Å². The zero-order valence-electron chi connectivity index (χ0n) is 5.35. The number of aromatic nitrogens is 2. The predicted octanol–water partition coefficient (Wildman–Crippen LogP) is 0.400. The number of nitrogens with zero attached hydrogens (tertiary/aromatic N) is 3. The first-order valence-corrected chi connectivity index (χ1v) is 3.49. The summed E-state index contributed by atoms with van der Waals surface area (Å²) in [5.74, 6) is 0.229. The lowest BCUT2D eigenvalue weighted by Crippen LogP contribution is -2.07. The summed E-state index contributed by atoms with van der Waals surface area (Å²) in [6.45, 7) is 0. The molecule has 1 aromatic rings. The highest BCUT2D eigenvalue weighted by atomic mass is 32.1. The molecular weight excluding hydrogens is 180 g/mol. The van der Waals surface area contributed by atoms with E-state index >= 15 is 0 Å². The second-order valence-electron chi connectivity index (χ2n) is 1.75. The van der Waals surface area contributed by atoms with Gasteiger partial charge < -0.3 is 5.73 Å². The second kappa shape index (κ2) is 2.90. The van der Waals surface area contributed by atoms with Crippen molar-refractivity contribution in [3.63, 3.8) is 0 Å². The van der Waals surface area contributed by atoms with Crippen LogP contribution in [-0.2, 0) is 0 Å². The third-order valence-electron chi connectivity index (χ3n) is 1.11. The van der Waals surface area contributed by atoms with Gasteiger partial charge in [0, 0.05) is 0 Å². The van der Waals surface area contributed by atoms with Gasteiger partial charge in [-0.25, -0.2) is 0 Å². The molecule has 11 heavy (non-hydrogen) atoms. The fraction of sp³-hybridized carbons (Fsp3) is 0. The summed E-state index contributed by atoms with van der Waals surface area (Å²) in [5.41, 5.74) is 5.76. The van der Waals surface area contributed by atoms with E-state index in [2.05, 4.69) is 29.9 Å². The summed E-state index contributed by atoms with van der Waals surface area (Å²) in [5, 5.41) is 12.2. The largest absolute Gasteiger partial charge is 0.382 e. The van der Waals surface area contributed by atoms with Crippen LogP contribution in [0.1, 0.15) is 5.56 Å². The molecular formula is C5H4N4S2. The van der Waals surface area contributed by atoms with Crippen molar-refractivity contribution >= 4 is 35.0 Å². The molecule has 0 aromatic carbocycles. The van der Waals surface area contributed by atoms with E-state index in [0.717, 1.165) is 0 Å². The minimum absolute atomic E-state index is 0.226. The van der Waals surface area contributed by atoms with Crippen LogP contribution >= 0.6 is 24.8 Å². The molecule has 0 fully saturated rings. The van der Waals surface area contributed by atoms with E-state index in [0.29, 0.717) is 5.56 Å². The second-order valence-corrected chi connectivity index (χ2v) is 2.86. The molecule has 0 bridgehead atoms. The fourth-order valence-electron chi connectivity index (χ4n) is 0.596. The van der Waals surface area contributed by atoms with E-state index in [1.807, 2.05) is 6.07 Å². The molecule has 0 aliphatic rings. The number of thiocarbonyl (C=S) groups is 1. The Morgan fingerprint density at radius 3 is 2.82 bits per heavy atom. The summed E-state index contributed by atoms with van der Waals surface area (Å²) >= 11 is 8.54. The van der Waals surface area contributed by atoms with Gasteiger partial charge in [0.15, 0.2) is 4.32 Å². The number of anilines is 1. The average molecular weight is 184 g/mol. The zero-order chi connectivity index (χ0) is 8.43. The van der Waals surface area contributed by atoms with Gasteiger partial charge in [-0.3, -0.25) is 0 Å². The third-order valence-corrected chi connectivity index (χ3v) is 1.47. The number of rotatable bonds is 0. The first-order valence-electron chi connectivity index (χ1n) is 2.63. The first kappa shape index (κ1) is 8.04. The Bertz CT molecular complexity index is 335. The monoisotopic (exact) mass is 184 g/mol. The Kier molecular flexibility index (Phi) is 2.12. The Morgan fingerprint density at radius 2 is 2.55 bits per heavy atom. The molecule has 1 aromatic heterocycles. The number of nitrogen functional groups attached to an aromatic ring is 1. The van der Waals surface area contributed by atoms with E-state index in [1.54, 1.807) is 0 Å². The van der Waals surface area contributed by atoms with E-state index in [4.69, 9.17) is 11.0 Å². The molecule has 1 heterocycles. The lowest BCUT2D eigenvalue weighted by Gasteiger charge is -1.96.